The van der Waals surface area contributed by atoms with E-state index in [9.17, 15) is 4.79 Å². The Kier molecular flexibility index (Phi) is 2.03. The van der Waals surface area contributed by atoms with Gasteiger partial charge in [-0.15, -0.1) is 0 Å². The predicted molar refractivity (Wildman–Crippen MR) is 76.1 cm³/mol. The van der Waals surface area contributed by atoms with Crippen LogP contribution >= 0.6 is 0 Å². The van der Waals surface area contributed by atoms with Crippen LogP contribution in [0.2, 0.25) is 0 Å². The van der Waals surface area contributed by atoms with E-state index < -0.39 is 0 Å². The van der Waals surface area contributed by atoms with Gasteiger partial charge in [-0.2, -0.15) is 0 Å². The maximum atomic E-state index is 11.4. The van der Waals surface area contributed by atoms with Crippen molar-refractivity contribution in [3.8, 4) is 11.1 Å². The highest BCUT2D eigenvalue weighted by Gasteiger charge is 2.17. The van der Waals surface area contributed by atoms with Crippen molar-refractivity contribution in [3.63, 3.8) is 0 Å². The lowest BCUT2D eigenvalue weighted by molar-refractivity contribution is -0.115. The number of aromatic amines is 1. The summed E-state index contributed by atoms with van der Waals surface area (Å²) in [5, 5.41) is 4.09. The second-order valence-corrected chi connectivity index (χ2v) is 4.88. The van der Waals surface area contributed by atoms with Gasteiger partial charge in [0.2, 0.25) is 5.91 Å². The Balaban J connectivity index is 1.83. The summed E-state index contributed by atoms with van der Waals surface area (Å²) in [6, 6.07) is 14.6. The molecule has 0 saturated carbocycles. The molecule has 0 atom stereocenters. The Hall–Kier alpha value is -2.55. The van der Waals surface area contributed by atoms with Crippen molar-refractivity contribution in [1.82, 2.24) is 4.98 Å². The molecule has 0 spiro atoms. The third-order valence-electron chi connectivity index (χ3n) is 3.62. The largest absolute Gasteiger partial charge is 0.361 e. The van der Waals surface area contributed by atoms with Gasteiger partial charge in [0.15, 0.2) is 0 Å². The minimum Gasteiger partial charge on any atom is -0.361 e. The minimum absolute atomic E-state index is 0.0771. The van der Waals surface area contributed by atoms with Crippen LogP contribution in [0.3, 0.4) is 0 Å². The second-order valence-electron chi connectivity index (χ2n) is 4.88. The summed E-state index contributed by atoms with van der Waals surface area (Å²) in [6.45, 7) is 0. The van der Waals surface area contributed by atoms with Gasteiger partial charge < -0.3 is 10.3 Å². The number of fused-ring (bicyclic) bond motifs is 2. The Bertz CT molecular complexity index is 801. The summed E-state index contributed by atoms with van der Waals surface area (Å²) in [6.07, 6.45) is 2.43. The van der Waals surface area contributed by atoms with E-state index in [-0.39, 0.29) is 5.91 Å². The molecule has 0 unspecified atom stereocenters. The zero-order valence-electron chi connectivity index (χ0n) is 10.2. The van der Waals surface area contributed by atoms with E-state index in [2.05, 4.69) is 40.6 Å². The van der Waals surface area contributed by atoms with Crippen molar-refractivity contribution in [1.29, 1.82) is 0 Å². The average Bonchev–Trinajstić information content (AvgIpc) is 3.01. The topological polar surface area (TPSA) is 44.9 Å². The van der Waals surface area contributed by atoms with Gasteiger partial charge in [-0.25, -0.2) is 0 Å². The first-order chi connectivity index (χ1) is 9.29. The van der Waals surface area contributed by atoms with Crippen molar-refractivity contribution in [2.45, 2.75) is 6.42 Å². The van der Waals surface area contributed by atoms with Crippen LogP contribution in [0.25, 0.3) is 22.0 Å². The Morgan fingerprint density at radius 3 is 2.74 bits per heavy atom. The number of aromatic nitrogens is 1. The first-order valence-corrected chi connectivity index (χ1v) is 6.30. The molecule has 92 valence electrons. The summed E-state index contributed by atoms with van der Waals surface area (Å²) in [4.78, 5) is 14.6. The fourth-order valence-electron chi connectivity index (χ4n) is 2.63. The Morgan fingerprint density at radius 1 is 0.947 bits per heavy atom. The predicted octanol–water partition coefficient (Wildman–Crippen LogP) is 3.33. The minimum atomic E-state index is 0.0771. The zero-order chi connectivity index (χ0) is 12.8. The lowest BCUT2D eigenvalue weighted by Gasteiger charge is -2.05. The van der Waals surface area contributed by atoms with Crippen LogP contribution in [0.4, 0.5) is 5.69 Å². The number of H-pyrrole nitrogens is 1. The van der Waals surface area contributed by atoms with Crippen LogP contribution in [0.15, 0.2) is 48.7 Å². The maximum Gasteiger partial charge on any atom is 0.228 e. The molecule has 0 aliphatic carbocycles. The van der Waals surface area contributed by atoms with Crippen molar-refractivity contribution in [2.75, 3.05) is 5.32 Å². The molecule has 2 aromatic carbocycles. The smallest absolute Gasteiger partial charge is 0.228 e. The number of rotatable bonds is 1. The molecule has 19 heavy (non-hydrogen) atoms. The molecule has 3 nitrogen and oxygen atoms in total. The normalized spacial score (nSPS) is 13.6. The van der Waals surface area contributed by atoms with Gasteiger partial charge in [-0.1, -0.05) is 18.2 Å². The fourth-order valence-corrected chi connectivity index (χ4v) is 2.63. The van der Waals surface area contributed by atoms with E-state index in [0.717, 1.165) is 27.9 Å². The highest BCUT2D eigenvalue weighted by Crippen LogP contribution is 2.30. The summed E-state index contributed by atoms with van der Waals surface area (Å²) in [5.74, 6) is 0.0771. The number of hydrogen-bond donors (Lipinski definition) is 2. The highest BCUT2D eigenvalue weighted by molar-refractivity contribution is 6.00. The van der Waals surface area contributed by atoms with E-state index in [1.165, 1.54) is 5.39 Å². The molecule has 1 amide bonds. The standard InChI is InChI=1S/C16H12N2O/c19-16-9-12-2-1-11(8-15(12)18-16)10-3-4-14-13(7-10)5-6-17-14/h1-8,17H,9H2,(H,18,19). The number of benzene rings is 2. The van der Waals surface area contributed by atoms with Gasteiger partial charge in [-0.3, -0.25) is 4.79 Å². The lowest BCUT2D eigenvalue weighted by atomic mass is 10.0. The maximum absolute atomic E-state index is 11.4. The molecule has 1 aliphatic rings. The Morgan fingerprint density at radius 2 is 1.79 bits per heavy atom. The van der Waals surface area contributed by atoms with E-state index in [1.807, 2.05) is 18.3 Å². The third kappa shape index (κ3) is 1.63. The van der Waals surface area contributed by atoms with Gasteiger partial charge in [0, 0.05) is 17.4 Å². The van der Waals surface area contributed by atoms with Crippen molar-refractivity contribution in [2.24, 2.45) is 0 Å². The highest BCUT2D eigenvalue weighted by atomic mass is 16.1. The van der Waals surface area contributed by atoms with Gasteiger partial charge in [0.1, 0.15) is 0 Å². The van der Waals surface area contributed by atoms with Crippen molar-refractivity contribution >= 4 is 22.5 Å². The Labute approximate surface area is 110 Å². The number of amides is 1. The molecule has 0 bridgehead atoms. The quantitative estimate of drug-likeness (QED) is 0.681. The van der Waals surface area contributed by atoms with Crippen LogP contribution in [0.5, 0.6) is 0 Å². The number of nitrogens with one attached hydrogen (secondary N) is 2. The summed E-state index contributed by atoms with van der Waals surface area (Å²) in [5.41, 5.74) is 5.45. The van der Waals surface area contributed by atoms with Crippen LogP contribution < -0.4 is 5.32 Å². The number of hydrogen-bond acceptors (Lipinski definition) is 1. The molecule has 4 rings (SSSR count). The van der Waals surface area contributed by atoms with Gasteiger partial charge in [0.25, 0.3) is 0 Å². The zero-order valence-corrected chi connectivity index (χ0v) is 10.2. The molecule has 0 saturated heterocycles. The molecular weight excluding hydrogens is 236 g/mol. The third-order valence-corrected chi connectivity index (χ3v) is 3.62. The van der Waals surface area contributed by atoms with E-state index >= 15 is 0 Å². The first kappa shape index (κ1) is 10.4. The molecule has 2 N–H and O–H groups in total. The van der Waals surface area contributed by atoms with Crippen LogP contribution in [-0.4, -0.2) is 10.9 Å². The van der Waals surface area contributed by atoms with Gasteiger partial charge in [0.05, 0.1) is 6.42 Å². The number of carbonyl (C=O) groups is 1. The van der Waals surface area contributed by atoms with Crippen LogP contribution in [0.1, 0.15) is 5.56 Å². The fraction of sp³-hybridized carbons (Fsp3) is 0.0625. The molecule has 1 aliphatic heterocycles. The van der Waals surface area contributed by atoms with E-state index in [4.69, 9.17) is 0 Å². The van der Waals surface area contributed by atoms with Crippen molar-refractivity contribution in [3.05, 3.63) is 54.2 Å². The molecule has 0 radical (unpaired) electrons. The summed E-state index contributed by atoms with van der Waals surface area (Å²) in [7, 11) is 0. The summed E-state index contributed by atoms with van der Waals surface area (Å²) >= 11 is 0. The average molecular weight is 248 g/mol. The van der Waals surface area contributed by atoms with E-state index in [0.29, 0.717) is 6.42 Å². The lowest BCUT2D eigenvalue weighted by Crippen LogP contribution is -2.03. The van der Waals surface area contributed by atoms with Crippen LogP contribution in [-0.2, 0) is 11.2 Å². The molecule has 3 aromatic rings. The number of carbonyl (C=O) groups excluding carboxylic acids is 1. The molecule has 1 aromatic heterocycles. The summed E-state index contributed by atoms with van der Waals surface area (Å²) < 4.78 is 0. The molecular formula is C16H12N2O. The first-order valence-electron chi connectivity index (χ1n) is 6.30. The van der Waals surface area contributed by atoms with Gasteiger partial charge in [-0.05, 0) is 46.3 Å². The van der Waals surface area contributed by atoms with Gasteiger partial charge >= 0.3 is 0 Å². The van der Waals surface area contributed by atoms with E-state index in [1.54, 1.807) is 0 Å². The SMILES string of the molecule is O=C1Cc2ccc(-c3ccc4[nH]ccc4c3)cc2N1. The molecule has 2 heterocycles. The monoisotopic (exact) mass is 248 g/mol. The molecule has 0 fully saturated rings. The van der Waals surface area contributed by atoms with Crippen molar-refractivity contribution < 1.29 is 4.79 Å². The van der Waals surface area contributed by atoms with Crippen LogP contribution in [0, 0.1) is 0 Å². The number of anilines is 1. The molecule has 3 heteroatoms. The second kappa shape index (κ2) is 3.72.